The number of benzene rings is 2. The maximum absolute atomic E-state index is 12.9. The Kier molecular flexibility index (Phi) is 3.94. The van der Waals surface area contributed by atoms with E-state index in [4.69, 9.17) is 0 Å². The summed E-state index contributed by atoms with van der Waals surface area (Å²) < 4.78 is 27.7. The summed E-state index contributed by atoms with van der Waals surface area (Å²) in [6.45, 7) is 1.94. The number of hydrogen-bond donors (Lipinski definition) is 0. The summed E-state index contributed by atoms with van der Waals surface area (Å²) in [5.74, 6) is -0.0851. The van der Waals surface area contributed by atoms with Crippen molar-refractivity contribution >= 4 is 26.1 Å². The van der Waals surface area contributed by atoms with E-state index in [0.29, 0.717) is 10.6 Å². The summed E-state index contributed by atoms with van der Waals surface area (Å²) in [6, 6.07) is 16.7. The Balaban J connectivity index is 1.83. The van der Waals surface area contributed by atoms with E-state index in [1.54, 1.807) is 12.1 Å². The number of imidazole rings is 1. The van der Waals surface area contributed by atoms with Crippen molar-refractivity contribution in [3.8, 4) is 11.3 Å². The molecule has 2 heterocycles. The van der Waals surface area contributed by atoms with Crippen molar-refractivity contribution in [1.82, 2.24) is 9.38 Å². The molecule has 0 atom stereocenters. The Morgan fingerprint density at radius 1 is 1.04 bits per heavy atom. The van der Waals surface area contributed by atoms with E-state index in [0.717, 1.165) is 21.8 Å². The highest BCUT2D eigenvalue weighted by Gasteiger charge is 2.22. The van der Waals surface area contributed by atoms with Gasteiger partial charge >= 0.3 is 0 Å². The predicted molar refractivity (Wildman–Crippen MR) is 101 cm³/mol. The quantitative estimate of drug-likeness (QED) is 0.538. The van der Waals surface area contributed by atoms with Crippen LogP contribution in [-0.4, -0.2) is 17.8 Å². The molecule has 0 aliphatic rings. The molecule has 25 heavy (non-hydrogen) atoms. The highest BCUT2D eigenvalue weighted by molar-refractivity contribution is 7.90. The number of fused-ring (bicyclic) bond motifs is 1. The van der Waals surface area contributed by atoms with Crippen LogP contribution in [0.4, 0.5) is 0 Å². The van der Waals surface area contributed by atoms with Crippen LogP contribution in [0, 0.1) is 6.92 Å². The summed E-state index contributed by atoms with van der Waals surface area (Å²) in [4.78, 5) is 5.79. The molecule has 0 fully saturated rings. The third-order valence-corrected chi connectivity index (χ3v) is 6.52. The Bertz CT molecular complexity index is 1130. The topological polar surface area (TPSA) is 51.4 Å². The average molecular weight is 368 g/mol. The first kappa shape index (κ1) is 16.1. The van der Waals surface area contributed by atoms with Crippen LogP contribution in [-0.2, 0) is 15.6 Å². The molecule has 0 saturated heterocycles. The number of sulfone groups is 1. The standard InChI is InChI=1S/C19H16N2O2S2/c1-14-7-9-16(10-8-14)25(22,23)13-17-18(15-5-3-2-4-6-15)20-19-21(17)11-12-24-19/h2-12H,13H2,1H3. The van der Waals surface area contributed by atoms with Crippen LogP contribution < -0.4 is 0 Å². The van der Waals surface area contributed by atoms with Crippen LogP contribution >= 0.6 is 11.3 Å². The molecule has 0 bridgehead atoms. The summed E-state index contributed by atoms with van der Waals surface area (Å²) in [5.41, 5.74) is 3.38. The van der Waals surface area contributed by atoms with Crippen LogP contribution in [0.3, 0.4) is 0 Å². The number of aromatic nitrogens is 2. The highest BCUT2D eigenvalue weighted by atomic mass is 32.2. The van der Waals surface area contributed by atoms with Gasteiger partial charge in [0.15, 0.2) is 14.8 Å². The van der Waals surface area contributed by atoms with Crippen molar-refractivity contribution < 1.29 is 8.42 Å². The minimum absolute atomic E-state index is 0.0851. The molecule has 0 amide bonds. The van der Waals surface area contributed by atoms with Gasteiger partial charge in [-0.15, -0.1) is 11.3 Å². The largest absolute Gasteiger partial charge is 0.293 e. The van der Waals surface area contributed by atoms with E-state index in [1.807, 2.05) is 65.4 Å². The predicted octanol–water partition coefficient (Wildman–Crippen LogP) is 4.35. The average Bonchev–Trinajstić information content (AvgIpc) is 3.19. The lowest BCUT2D eigenvalue weighted by Crippen LogP contribution is -2.07. The molecule has 6 heteroatoms. The number of thiazole rings is 1. The zero-order valence-electron chi connectivity index (χ0n) is 13.6. The van der Waals surface area contributed by atoms with E-state index in [2.05, 4.69) is 4.98 Å². The lowest BCUT2D eigenvalue weighted by atomic mass is 10.1. The van der Waals surface area contributed by atoms with Gasteiger partial charge in [0.25, 0.3) is 0 Å². The molecule has 0 unspecified atom stereocenters. The second kappa shape index (κ2) is 6.13. The molecular formula is C19H16N2O2S2. The SMILES string of the molecule is Cc1ccc(S(=O)(=O)Cc2c(-c3ccccc3)nc3sccn23)cc1. The van der Waals surface area contributed by atoms with Crippen molar-refractivity contribution in [3.63, 3.8) is 0 Å². The van der Waals surface area contributed by atoms with Crippen molar-refractivity contribution in [1.29, 1.82) is 0 Å². The molecule has 126 valence electrons. The number of aryl methyl sites for hydroxylation is 1. The van der Waals surface area contributed by atoms with E-state index >= 15 is 0 Å². The maximum atomic E-state index is 12.9. The minimum Gasteiger partial charge on any atom is -0.293 e. The van der Waals surface area contributed by atoms with Gasteiger partial charge in [-0.2, -0.15) is 0 Å². The zero-order valence-corrected chi connectivity index (χ0v) is 15.2. The molecule has 2 aromatic carbocycles. The third kappa shape index (κ3) is 2.99. The van der Waals surface area contributed by atoms with Crippen LogP contribution in [0.15, 0.2) is 71.1 Å². The zero-order chi connectivity index (χ0) is 17.4. The van der Waals surface area contributed by atoms with Crippen LogP contribution in [0.2, 0.25) is 0 Å². The highest BCUT2D eigenvalue weighted by Crippen LogP contribution is 2.29. The van der Waals surface area contributed by atoms with E-state index in [1.165, 1.54) is 11.3 Å². The fraction of sp³-hybridized carbons (Fsp3) is 0.105. The first-order valence-corrected chi connectivity index (χ1v) is 10.4. The molecular weight excluding hydrogens is 352 g/mol. The fourth-order valence-electron chi connectivity index (χ4n) is 2.81. The van der Waals surface area contributed by atoms with Crippen molar-refractivity contribution in [2.45, 2.75) is 17.6 Å². The van der Waals surface area contributed by atoms with Gasteiger partial charge in [-0.25, -0.2) is 13.4 Å². The Morgan fingerprint density at radius 3 is 2.48 bits per heavy atom. The van der Waals surface area contributed by atoms with E-state index in [-0.39, 0.29) is 5.75 Å². The lowest BCUT2D eigenvalue weighted by molar-refractivity contribution is 0.594. The summed E-state index contributed by atoms with van der Waals surface area (Å²) in [5, 5.41) is 1.92. The molecule has 4 rings (SSSR count). The van der Waals surface area contributed by atoms with Gasteiger partial charge in [-0.3, -0.25) is 4.40 Å². The Labute approximate surface area is 150 Å². The van der Waals surface area contributed by atoms with Crippen LogP contribution in [0.25, 0.3) is 16.2 Å². The van der Waals surface area contributed by atoms with Gasteiger partial charge in [0.1, 0.15) is 0 Å². The summed E-state index contributed by atoms with van der Waals surface area (Å²) in [7, 11) is -3.46. The molecule has 0 aliphatic carbocycles. The van der Waals surface area contributed by atoms with Crippen molar-refractivity contribution in [2.24, 2.45) is 0 Å². The number of nitrogens with zero attached hydrogens (tertiary/aromatic N) is 2. The molecule has 0 spiro atoms. The molecule has 0 radical (unpaired) electrons. The van der Waals surface area contributed by atoms with E-state index in [9.17, 15) is 8.42 Å². The smallest absolute Gasteiger partial charge is 0.194 e. The van der Waals surface area contributed by atoms with Crippen molar-refractivity contribution in [2.75, 3.05) is 0 Å². The van der Waals surface area contributed by atoms with E-state index < -0.39 is 9.84 Å². The van der Waals surface area contributed by atoms with Crippen LogP contribution in [0.5, 0.6) is 0 Å². The second-order valence-corrected chi connectivity index (χ2v) is 8.76. The first-order valence-electron chi connectivity index (χ1n) is 7.84. The fourth-order valence-corrected chi connectivity index (χ4v) is 4.89. The van der Waals surface area contributed by atoms with Gasteiger partial charge < -0.3 is 0 Å². The summed E-state index contributed by atoms with van der Waals surface area (Å²) in [6.07, 6.45) is 1.87. The van der Waals surface area contributed by atoms with Gasteiger partial charge in [-0.1, -0.05) is 48.0 Å². The monoisotopic (exact) mass is 368 g/mol. The van der Waals surface area contributed by atoms with Gasteiger partial charge in [0.05, 0.1) is 22.0 Å². The second-order valence-electron chi connectivity index (χ2n) is 5.90. The molecule has 0 N–H and O–H groups in total. The Hall–Kier alpha value is -2.44. The minimum atomic E-state index is -3.46. The molecule has 0 saturated carbocycles. The van der Waals surface area contributed by atoms with Gasteiger partial charge in [0, 0.05) is 17.1 Å². The number of hydrogen-bond acceptors (Lipinski definition) is 4. The first-order chi connectivity index (χ1) is 12.0. The van der Waals surface area contributed by atoms with Gasteiger partial charge in [-0.05, 0) is 19.1 Å². The molecule has 0 aliphatic heterocycles. The summed E-state index contributed by atoms with van der Waals surface area (Å²) >= 11 is 1.50. The lowest BCUT2D eigenvalue weighted by Gasteiger charge is -2.07. The maximum Gasteiger partial charge on any atom is 0.194 e. The van der Waals surface area contributed by atoms with Crippen molar-refractivity contribution in [3.05, 3.63) is 77.4 Å². The number of rotatable bonds is 4. The van der Waals surface area contributed by atoms with Gasteiger partial charge in [0.2, 0.25) is 0 Å². The normalized spacial score (nSPS) is 11.9. The molecule has 2 aromatic heterocycles. The van der Waals surface area contributed by atoms with Crippen LogP contribution in [0.1, 0.15) is 11.3 Å². The Morgan fingerprint density at radius 2 is 1.76 bits per heavy atom. The molecule has 4 nitrogen and oxygen atoms in total. The molecule has 4 aromatic rings. The third-order valence-electron chi connectivity index (χ3n) is 4.12.